The minimum Gasteiger partial charge on any atom is -0.342 e. The highest BCUT2D eigenvalue weighted by Crippen LogP contribution is 2.27. The SMILES string of the molecule is O=C(Cc1csc(SCc2ccc(Cl)cc2)n1)N1CCCCC1. The summed E-state index contributed by atoms with van der Waals surface area (Å²) in [6.45, 7) is 1.81. The summed E-state index contributed by atoms with van der Waals surface area (Å²) in [7, 11) is 0. The second-order valence-electron chi connectivity index (χ2n) is 5.64. The number of rotatable bonds is 5. The van der Waals surface area contributed by atoms with E-state index >= 15 is 0 Å². The zero-order valence-electron chi connectivity index (χ0n) is 12.8. The second kappa shape index (κ2) is 8.18. The topological polar surface area (TPSA) is 33.2 Å². The highest BCUT2D eigenvalue weighted by atomic mass is 35.5. The first kappa shape index (κ1) is 16.8. The Kier molecular flexibility index (Phi) is 5.97. The first-order chi connectivity index (χ1) is 11.2. The van der Waals surface area contributed by atoms with Crippen molar-refractivity contribution in [3.8, 4) is 0 Å². The van der Waals surface area contributed by atoms with Crippen LogP contribution in [0, 0.1) is 0 Å². The van der Waals surface area contributed by atoms with Crippen LogP contribution < -0.4 is 0 Å². The fourth-order valence-corrected chi connectivity index (χ4v) is 4.50. The van der Waals surface area contributed by atoms with E-state index in [-0.39, 0.29) is 5.91 Å². The van der Waals surface area contributed by atoms with Crippen LogP contribution in [0.5, 0.6) is 0 Å². The van der Waals surface area contributed by atoms with Gasteiger partial charge in [0.15, 0.2) is 0 Å². The van der Waals surface area contributed by atoms with Crippen LogP contribution in [0.25, 0.3) is 0 Å². The summed E-state index contributed by atoms with van der Waals surface area (Å²) >= 11 is 9.21. The standard InChI is InChI=1S/C17H19ClN2OS2/c18-14-6-4-13(5-7-14)11-22-17-19-15(12-23-17)10-16(21)20-8-2-1-3-9-20/h4-7,12H,1-3,8-11H2. The second-order valence-corrected chi connectivity index (χ2v) is 8.16. The summed E-state index contributed by atoms with van der Waals surface area (Å²) in [5.41, 5.74) is 2.12. The lowest BCUT2D eigenvalue weighted by Gasteiger charge is -2.26. The number of thioether (sulfide) groups is 1. The lowest BCUT2D eigenvalue weighted by Crippen LogP contribution is -2.36. The molecule has 2 aromatic rings. The van der Waals surface area contributed by atoms with E-state index in [2.05, 4.69) is 4.98 Å². The van der Waals surface area contributed by atoms with E-state index < -0.39 is 0 Å². The highest BCUT2D eigenvalue weighted by molar-refractivity contribution is 8.00. The minimum atomic E-state index is 0.212. The van der Waals surface area contributed by atoms with Crippen LogP contribution in [0.4, 0.5) is 0 Å². The average molecular weight is 367 g/mol. The Bertz CT molecular complexity index is 651. The van der Waals surface area contributed by atoms with Gasteiger partial charge in [-0.3, -0.25) is 4.79 Å². The van der Waals surface area contributed by atoms with Crippen molar-refractivity contribution in [2.24, 2.45) is 0 Å². The van der Waals surface area contributed by atoms with E-state index in [1.807, 2.05) is 34.5 Å². The Balaban J connectivity index is 1.51. The van der Waals surface area contributed by atoms with Crippen LogP contribution in [0.2, 0.25) is 5.02 Å². The summed E-state index contributed by atoms with van der Waals surface area (Å²) in [6, 6.07) is 7.87. The third-order valence-corrected chi connectivity index (χ3v) is 6.24. The van der Waals surface area contributed by atoms with Gasteiger partial charge in [0.25, 0.3) is 0 Å². The molecule has 1 amide bonds. The van der Waals surface area contributed by atoms with Crippen LogP contribution in [-0.2, 0) is 17.0 Å². The highest BCUT2D eigenvalue weighted by Gasteiger charge is 2.17. The molecular weight excluding hydrogens is 348 g/mol. The number of carbonyl (C=O) groups excluding carboxylic acids is 1. The fraction of sp³-hybridized carbons (Fsp3) is 0.412. The number of halogens is 1. The van der Waals surface area contributed by atoms with Gasteiger partial charge >= 0.3 is 0 Å². The Hall–Kier alpha value is -1.04. The van der Waals surface area contributed by atoms with Crippen LogP contribution >= 0.6 is 34.7 Å². The maximum atomic E-state index is 12.3. The molecule has 0 unspecified atom stereocenters. The lowest BCUT2D eigenvalue weighted by atomic mass is 10.1. The molecule has 0 spiro atoms. The summed E-state index contributed by atoms with van der Waals surface area (Å²) in [6.07, 6.45) is 3.93. The van der Waals surface area contributed by atoms with Gasteiger partial charge in [-0.2, -0.15) is 0 Å². The molecule has 122 valence electrons. The summed E-state index contributed by atoms with van der Waals surface area (Å²) in [5.74, 6) is 1.08. The summed E-state index contributed by atoms with van der Waals surface area (Å²) in [4.78, 5) is 18.8. The van der Waals surface area contributed by atoms with E-state index in [9.17, 15) is 4.79 Å². The molecule has 0 radical (unpaired) electrons. The first-order valence-corrected chi connectivity index (χ1v) is 10.0. The predicted molar refractivity (Wildman–Crippen MR) is 97.3 cm³/mol. The minimum absolute atomic E-state index is 0.212. The number of amides is 1. The van der Waals surface area contributed by atoms with Gasteiger partial charge in [0, 0.05) is 29.2 Å². The predicted octanol–water partition coefficient (Wildman–Crippen LogP) is 4.64. The van der Waals surface area contributed by atoms with Crippen molar-refractivity contribution in [2.45, 2.75) is 35.8 Å². The number of aromatic nitrogens is 1. The van der Waals surface area contributed by atoms with Gasteiger partial charge in [-0.25, -0.2) is 4.98 Å². The molecule has 3 rings (SSSR count). The van der Waals surface area contributed by atoms with Gasteiger partial charge in [-0.1, -0.05) is 35.5 Å². The van der Waals surface area contributed by atoms with Crippen molar-refractivity contribution in [2.75, 3.05) is 13.1 Å². The fourth-order valence-electron chi connectivity index (χ4n) is 2.57. The van der Waals surface area contributed by atoms with E-state index in [1.54, 1.807) is 23.1 Å². The maximum absolute atomic E-state index is 12.3. The molecule has 1 aromatic carbocycles. The van der Waals surface area contributed by atoms with E-state index in [1.165, 1.54) is 12.0 Å². The lowest BCUT2D eigenvalue weighted by molar-refractivity contribution is -0.131. The molecule has 0 saturated carbocycles. The largest absolute Gasteiger partial charge is 0.342 e. The normalized spacial score (nSPS) is 14.9. The molecule has 1 aliphatic rings. The van der Waals surface area contributed by atoms with Crippen molar-refractivity contribution >= 4 is 40.6 Å². The number of piperidine rings is 1. The van der Waals surface area contributed by atoms with Crippen LogP contribution in [0.1, 0.15) is 30.5 Å². The Morgan fingerprint density at radius 2 is 1.96 bits per heavy atom. The molecule has 1 saturated heterocycles. The number of nitrogens with zero attached hydrogens (tertiary/aromatic N) is 2. The van der Waals surface area contributed by atoms with Crippen molar-refractivity contribution in [3.05, 3.63) is 45.9 Å². The molecule has 23 heavy (non-hydrogen) atoms. The first-order valence-electron chi connectivity index (χ1n) is 7.80. The van der Waals surface area contributed by atoms with Crippen LogP contribution in [0.15, 0.2) is 34.0 Å². The maximum Gasteiger partial charge on any atom is 0.228 e. The van der Waals surface area contributed by atoms with Gasteiger partial charge in [0.2, 0.25) is 5.91 Å². The quantitative estimate of drug-likeness (QED) is 0.722. The Labute approximate surface area is 150 Å². The van der Waals surface area contributed by atoms with Crippen LogP contribution in [0.3, 0.4) is 0 Å². The van der Waals surface area contributed by atoms with Crippen molar-refractivity contribution in [3.63, 3.8) is 0 Å². The number of hydrogen-bond acceptors (Lipinski definition) is 4. The third kappa shape index (κ3) is 4.96. The smallest absolute Gasteiger partial charge is 0.228 e. The molecule has 0 N–H and O–H groups in total. The molecule has 1 aliphatic heterocycles. The molecule has 2 heterocycles. The zero-order valence-corrected chi connectivity index (χ0v) is 15.2. The number of hydrogen-bond donors (Lipinski definition) is 0. The Morgan fingerprint density at radius 1 is 1.22 bits per heavy atom. The van der Waals surface area contributed by atoms with Gasteiger partial charge in [0.1, 0.15) is 4.34 Å². The van der Waals surface area contributed by atoms with Crippen molar-refractivity contribution in [1.29, 1.82) is 0 Å². The summed E-state index contributed by atoms with van der Waals surface area (Å²) < 4.78 is 1.02. The molecule has 1 aromatic heterocycles. The number of carbonyl (C=O) groups is 1. The Morgan fingerprint density at radius 3 is 2.70 bits per heavy atom. The van der Waals surface area contributed by atoms with Crippen LogP contribution in [-0.4, -0.2) is 28.9 Å². The third-order valence-electron chi connectivity index (χ3n) is 3.85. The molecule has 3 nitrogen and oxygen atoms in total. The molecule has 6 heteroatoms. The molecule has 0 aliphatic carbocycles. The van der Waals surface area contributed by atoms with Gasteiger partial charge in [-0.15, -0.1) is 11.3 Å². The van der Waals surface area contributed by atoms with Gasteiger partial charge in [-0.05, 0) is 37.0 Å². The zero-order chi connectivity index (χ0) is 16.1. The monoisotopic (exact) mass is 366 g/mol. The van der Waals surface area contributed by atoms with Gasteiger partial charge in [0.05, 0.1) is 12.1 Å². The average Bonchev–Trinajstić information content (AvgIpc) is 3.02. The molecule has 0 bridgehead atoms. The number of likely N-dealkylation sites (tertiary alicyclic amines) is 1. The van der Waals surface area contributed by atoms with Crippen molar-refractivity contribution in [1.82, 2.24) is 9.88 Å². The van der Waals surface area contributed by atoms with E-state index in [0.29, 0.717) is 6.42 Å². The van der Waals surface area contributed by atoms with Crippen molar-refractivity contribution < 1.29 is 4.79 Å². The van der Waals surface area contributed by atoms with Gasteiger partial charge < -0.3 is 4.90 Å². The van der Waals surface area contributed by atoms with E-state index in [4.69, 9.17) is 11.6 Å². The number of benzene rings is 1. The molecule has 1 fully saturated rings. The molecular formula is C17H19ClN2OS2. The number of thiazole rings is 1. The van der Waals surface area contributed by atoms with E-state index in [0.717, 1.165) is 46.7 Å². The summed E-state index contributed by atoms with van der Waals surface area (Å²) in [5, 5.41) is 2.76. The molecule has 0 atom stereocenters.